The predicted octanol–water partition coefficient (Wildman–Crippen LogP) is 3.14. The van der Waals surface area contributed by atoms with Crippen molar-refractivity contribution in [2.75, 3.05) is 32.8 Å². The maximum absolute atomic E-state index is 13.5. The number of phenols is 1. The molecule has 1 saturated heterocycles. The second-order valence-corrected chi connectivity index (χ2v) is 7.32. The first-order valence-corrected chi connectivity index (χ1v) is 9.96. The fourth-order valence-corrected chi connectivity index (χ4v) is 3.81. The summed E-state index contributed by atoms with van der Waals surface area (Å²) in [5, 5.41) is 19.9. The fraction of sp³-hybridized carbons (Fsp3) is 0.455. The van der Waals surface area contributed by atoms with E-state index in [2.05, 4.69) is 9.80 Å². The number of nitrogens with zero attached hydrogens (tertiary/aromatic N) is 2. The summed E-state index contributed by atoms with van der Waals surface area (Å²) >= 11 is 0. The Balaban J connectivity index is 1.67. The van der Waals surface area contributed by atoms with E-state index in [0.717, 1.165) is 24.7 Å². The maximum Gasteiger partial charge on any atom is 0.162 e. The van der Waals surface area contributed by atoms with Crippen molar-refractivity contribution in [3.63, 3.8) is 0 Å². The van der Waals surface area contributed by atoms with Gasteiger partial charge in [0.25, 0.3) is 0 Å². The van der Waals surface area contributed by atoms with Gasteiger partial charge in [-0.3, -0.25) is 9.80 Å². The van der Waals surface area contributed by atoms with E-state index in [1.54, 1.807) is 12.1 Å². The highest BCUT2D eigenvalue weighted by atomic mass is 19.2. The molecule has 7 heteroatoms. The topological polar surface area (TPSA) is 56.2 Å². The van der Waals surface area contributed by atoms with E-state index in [1.165, 1.54) is 6.07 Å². The molecular weight excluding hydrogens is 378 g/mol. The highest BCUT2D eigenvalue weighted by molar-refractivity contribution is 5.45. The van der Waals surface area contributed by atoms with Crippen LogP contribution in [0.1, 0.15) is 24.5 Å². The van der Waals surface area contributed by atoms with Crippen LogP contribution in [0.3, 0.4) is 0 Å². The summed E-state index contributed by atoms with van der Waals surface area (Å²) in [4.78, 5) is 4.42. The Hall–Kier alpha value is -2.22. The maximum atomic E-state index is 13.5. The first-order chi connectivity index (χ1) is 14.0. The van der Waals surface area contributed by atoms with Crippen molar-refractivity contribution in [2.45, 2.75) is 32.5 Å². The molecule has 158 valence electrons. The van der Waals surface area contributed by atoms with Crippen LogP contribution < -0.4 is 4.74 Å². The number of rotatable bonds is 8. The Bertz CT molecular complexity index is 819. The smallest absolute Gasteiger partial charge is 0.162 e. The number of para-hydroxylation sites is 1. The minimum Gasteiger partial charge on any atom is -0.504 e. The monoisotopic (exact) mass is 406 g/mol. The molecule has 29 heavy (non-hydrogen) atoms. The zero-order valence-corrected chi connectivity index (χ0v) is 16.7. The van der Waals surface area contributed by atoms with Gasteiger partial charge in [0.2, 0.25) is 0 Å². The number of ether oxygens (including phenoxy) is 1. The predicted molar refractivity (Wildman–Crippen MR) is 107 cm³/mol. The molecular formula is C22H28F2N2O3. The van der Waals surface area contributed by atoms with Crippen molar-refractivity contribution in [3.8, 4) is 11.5 Å². The quantitative estimate of drug-likeness (QED) is 0.706. The summed E-state index contributed by atoms with van der Waals surface area (Å²) in [7, 11) is 0. The summed E-state index contributed by atoms with van der Waals surface area (Å²) in [6, 6.07) is 9.55. The molecule has 0 bridgehead atoms. The number of phenolic OH excluding ortho intramolecular Hbond substituents is 1. The third-order valence-corrected chi connectivity index (χ3v) is 5.30. The molecule has 1 heterocycles. The molecule has 1 atom stereocenters. The normalized spacial score (nSPS) is 18.1. The number of halogens is 2. The second kappa shape index (κ2) is 10.0. The average molecular weight is 406 g/mol. The zero-order valence-electron chi connectivity index (χ0n) is 16.7. The molecule has 0 spiro atoms. The van der Waals surface area contributed by atoms with Crippen molar-refractivity contribution >= 4 is 0 Å². The lowest BCUT2D eigenvalue weighted by Gasteiger charge is -2.41. The highest BCUT2D eigenvalue weighted by Crippen LogP contribution is 2.31. The summed E-state index contributed by atoms with van der Waals surface area (Å²) < 4.78 is 32.2. The number of hydrogen-bond donors (Lipinski definition) is 2. The summed E-state index contributed by atoms with van der Waals surface area (Å²) in [5.41, 5.74) is 1.51. The molecule has 1 aliphatic rings. The van der Waals surface area contributed by atoms with E-state index >= 15 is 0 Å². The Kier molecular flexibility index (Phi) is 7.41. The molecule has 5 nitrogen and oxygen atoms in total. The largest absolute Gasteiger partial charge is 0.504 e. The van der Waals surface area contributed by atoms with Crippen LogP contribution in [0.2, 0.25) is 0 Å². The van der Waals surface area contributed by atoms with Gasteiger partial charge in [0, 0.05) is 50.9 Å². The molecule has 2 aromatic carbocycles. The van der Waals surface area contributed by atoms with E-state index in [-0.39, 0.29) is 18.4 Å². The van der Waals surface area contributed by atoms with Crippen LogP contribution in [0.5, 0.6) is 11.5 Å². The number of hydrogen-bond acceptors (Lipinski definition) is 5. The number of piperazine rings is 1. The second-order valence-electron chi connectivity index (χ2n) is 7.32. The molecule has 0 amide bonds. The number of aromatic hydroxyl groups is 1. The van der Waals surface area contributed by atoms with Crippen LogP contribution in [-0.4, -0.2) is 58.9 Å². The number of benzene rings is 2. The lowest BCUT2D eigenvalue weighted by atomic mass is 10.1. The molecule has 1 fully saturated rings. The Morgan fingerprint density at radius 3 is 2.66 bits per heavy atom. The first kappa shape index (κ1) is 21.5. The summed E-state index contributed by atoms with van der Waals surface area (Å²) in [6.07, 6.45) is 0.588. The van der Waals surface area contributed by atoms with Gasteiger partial charge in [-0.25, -0.2) is 8.78 Å². The van der Waals surface area contributed by atoms with Crippen LogP contribution in [0.25, 0.3) is 0 Å². The Labute approximate surface area is 170 Å². The van der Waals surface area contributed by atoms with Crippen LogP contribution in [0, 0.1) is 11.6 Å². The van der Waals surface area contributed by atoms with E-state index in [0.29, 0.717) is 44.0 Å². The molecule has 0 aliphatic carbocycles. The van der Waals surface area contributed by atoms with E-state index in [1.807, 2.05) is 19.1 Å². The Morgan fingerprint density at radius 1 is 1.10 bits per heavy atom. The van der Waals surface area contributed by atoms with Crippen LogP contribution in [-0.2, 0) is 13.1 Å². The van der Waals surface area contributed by atoms with E-state index in [9.17, 15) is 19.0 Å². The number of aliphatic hydroxyl groups is 1. The summed E-state index contributed by atoms with van der Waals surface area (Å²) in [6.45, 7) is 5.70. The van der Waals surface area contributed by atoms with Crippen molar-refractivity contribution in [1.29, 1.82) is 0 Å². The SMILES string of the molecule is CCOc1cccc(CN2CCN(Cc3ccc(F)c(F)c3)[C@@H](CCO)C2)c1O. The molecule has 2 N–H and O–H groups in total. The molecule has 1 aliphatic heterocycles. The highest BCUT2D eigenvalue weighted by Gasteiger charge is 2.27. The molecule has 0 unspecified atom stereocenters. The van der Waals surface area contributed by atoms with Crippen molar-refractivity contribution < 1.29 is 23.7 Å². The van der Waals surface area contributed by atoms with Gasteiger partial charge in [-0.1, -0.05) is 18.2 Å². The van der Waals surface area contributed by atoms with Crippen LogP contribution in [0.4, 0.5) is 8.78 Å². The lowest BCUT2D eigenvalue weighted by Crippen LogP contribution is -2.52. The van der Waals surface area contributed by atoms with Gasteiger partial charge in [0.1, 0.15) is 0 Å². The molecule has 0 radical (unpaired) electrons. The molecule has 0 saturated carbocycles. The van der Waals surface area contributed by atoms with Gasteiger partial charge in [-0.05, 0) is 37.1 Å². The van der Waals surface area contributed by atoms with Crippen LogP contribution in [0.15, 0.2) is 36.4 Å². The van der Waals surface area contributed by atoms with Crippen LogP contribution >= 0.6 is 0 Å². The van der Waals surface area contributed by atoms with Gasteiger partial charge < -0.3 is 14.9 Å². The van der Waals surface area contributed by atoms with E-state index < -0.39 is 11.6 Å². The minimum absolute atomic E-state index is 0.0534. The van der Waals surface area contributed by atoms with Gasteiger partial charge in [-0.2, -0.15) is 0 Å². The molecule has 0 aromatic heterocycles. The average Bonchev–Trinajstić information content (AvgIpc) is 2.70. The third-order valence-electron chi connectivity index (χ3n) is 5.30. The van der Waals surface area contributed by atoms with Crippen molar-refractivity contribution in [3.05, 3.63) is 59.2 Å². The van der Waals surface area contributed by atoms with Crippen molar-refractivity contribution in [1.82, 2.24) is 9.80 Å². The third kappa shape index (κ3) is 5.44. The first-order valence-electron chi connectivity index (χ1n) is 9.96. The minimum atomic E-state index is -0.848. The van der Waals surface area contributed by atoms with Crippen molar-refractivity contribution in [2.24, 2.45) is 0 Å². The van der Waals surface area contributed by atoms with Gasteiger partial charge in [-0.15, -0.1) is 0 Å². The van der Waals surface area contributed by atoms with E-state index in [4.69, 9.17) is 4.74 Å². The number of aliphatic hydroxyl groups excluding tert-OH is 1. The van der Waals surface area contributed by atoms with Gasteiger partial charge in [0.15, 0.2) is 23.1 Å². The fourth-order valence-electron chi connectivity index (χ4n) is 3.81. The van der Waals surface area contributed by atoms with Gasteiger partial charge in [0.05, 0.1) is 6.61 Å². The Morgan fingerprint density at radius 2 is 1.93 bits per heavy atom. The van der Waals surface area contributed by atoms with Gasteiger partial charge >= 0.3 is 0 Å². The molecule has 3 rings (SSSR count). The molecule has 2 aromatic rings. The zero-order chi connectivity index (χ0) is 20.8. The lowest BCUT2D eigenvalue weighted by molar-refractivity contribution is 0.0495. The summed E-state index contributed by atoms with van der Waals surface area (Å²) in [5.74, 6) is -1.05. The standard InChI is InChI=1S/C22H28F2N2O3/c1-2-29-21-5-3-4-17(22(21)28)14-25-9-10-26(18(15-25)8-11-27)13-16-6-7-19(23)20(24)12-16/h3-7,12,18,27-28H,2,8-11,13-15H2,1H3/t18-/m0/s1.